The number of amides is 2. The fourth-order valence-corrected chi connectivity index (χ4v) is 3.09. The van der Waals surface area contributed by atoms with Gasteiger partial charge in [0.15, 0.2) is 6.10 Å². The molecule has 0 bridgehead atoms. The summed E-state index contributed by atoms with van der Waals surface area (Å²) in [6, 6.07) is 21.4. The molecular formula is C24H26N2O3. The Balaban J connectivity index is 1.52. The first-order chi connectivity index (χ1) is 13.9. The highest BCUT2D eigenvalue weighted by Gasteiger charge is 2.16. The van der Waals surface area contributed by atoms with Gasteiger partial charge in [0.2, 0.25) is 5.91 Å². The fourth-order valence-electron chi connectivity index (χ4n) is 3.09. The van der Waals surface area contributed by atoms with Crippen LogP contribution in [0.4, 0.5) is 0 Å². The Morgan fingerprint density at radius 2 is 1.55 bits per heavy atom. The lowest BCUT2D eigenvalue weighted by atomic mass is 10.0. The second-order valence-corrected chi connectivity index (χ2v) is 7.34. The van der Waals surface area contributed by atoms with Crippen molar-refractivity contribution >= 4 is 22.6 Å². The van der Waals surface area contributed by atoms with E-state index in [0.717, 1.165) is 16.3 Å². The third-order valence-electron chi connectivity index (χ3n) is 4.78. The number of ether oxygens (including phenoxy) is 1. The molecule has 3 aromatic carbocycles. The van der Waals surface area contributed by atoms with E-state index in [1.54, 1.807) is 6.92 Å². The molecule has 0 aliphatic rings. The van der Waals surface area contributed by atoms with E-state index in [2.05, 4.69) is 24.7 Å². The molecule has 29 heavy (non-hydrogen) atoms. The van der Waals surface area contributed by atoms with Crippen LogP contribution in [0.1, 0.15) is 37.8 Å². The molecule has 0 fully saturated rings. The first-order valence-corrected chi connectivity index (χ1v) is 9.76. The number of hydrazine groups is 1. The molecule has 5 heteroatoms. The Kier molecular flexibility index (Phi) is 6.50. The SMILES string of the molecule is CC(Oc1ccc(C(C)C)cc1)C(=O)NNC(=O)Cc1cccc2ccccc12. The quantitative estimate of drug-likeness (QED) is 0.622. The predicted octanol–water partition coefficient (Wildman–Crippen LogP) is 4.12. The van der Waals surface area contributed by atoms with Gasteiger partial charge in [-0.25, -0.2) is 0 Å². The first kappa shape index (κ1) is 20.4. The van der Waals surface area contributed by atoms with E-state index in [0.29, 0.717) is 11.7 Å². The van der Waals surface area contributed by atoms with E-state index in [9.17, 15) is 9.59 Å². The van der Waals surface area contributed by atoms with Gasteiger partial charge in [-0.05, 0) is 46.9 Å². The number of carbonyl (C=O) groups excluding carboxylic acids is 2. The van der Waals surface area contributed by atoms with Crippen LogP contribution in [0.2, 0.25) is 0 Å². The van der Waals surface area contributed by atoms with Crippen molar-refractivity contribution < 1.29 is 14.3 Å². The molecular weight excluding hydrogens is 364 g/mol. The number of benzene rings is 3. The lowest BCUT2D eigenvalue weighted by Gasteiger charge is -2.16. The molecule has 0 spiro atoms. The summed E-state index contributed by atoms with van der Waals surface area (Å²) in [5.74, 6) is 0.341. The normalized spacial score (nSPS) is 11.9. The van der Waals surface area contributed by atoms with Gasteiger partial charge in [0.05, 0.1) is 6.42 Å². The van der Waals surface area contributed by atoms with Gasteiger partial charge in [0, 0.05) is 0 Å². The van der Waals surface area contributed by atoms with Gasteiger partial charge in [-0.2, -0.15) is 0 Å². The van der Waals surface area contributed by atoms with Crippen LogP contribution in [0.3, 0.4) is 0 Å². The molecule has 0 heterocycles. The lowest BCUT2D eigenvalue weighted by molar-refractivity contribution is -0.132. The summed E-state index contributed by atoms with van der Waals surface area (Å²) in [5.41, 5.74) is 7.02. The van der Waals surface area contributed by atoms with Crippen LogP contribution in [0, 0.1) is 0 Å². The standard InChI is InChI=1S/C24H26N2O3/c1-16(2)18-11-13-21(14-12-18)29-17(3)24(28)26-25-23(27)15-20-9-6-8-19-7-4-5-10-22(19)20/h4-14,16-17H,15H2,1-3H3,(H,25,27)(H,26,28). The first-order valence-electron chi connectivity index (χ1n) is 9.76. The van der Waals surface area contributed by atoms with Crippen molar-refractivity contribution in [3.63, 3.8) is 0 Å². The maximum absolute atomic E-state index is 12.3. The lowest BCUT2D eigenvalue weighted by Crippen LogP contribution is -2.47. The molecule has 0 saturated carbocycles. The van der Waals surface area contributed by atoms with Crippen LogP contribution in [0.25, 0.3) is 10.8 Å². The number of fused-ring (bicyclic) bond motifs is 1. The molecule has 0 saturated heterocycles. The Hall–Kier alpha value is -3.34. The van der Waals surface area contributed by atoms with Crippen molar-refractivity contribution in [1.29, 1.82) is 0 Å². The summed E-state index contributed by atoms with van der Waals surface area (Å²) in [6.07, 6.45) is -0.564. The van der Waals surface area contributed by atoms with Crippen LogP contribution in [-0.2, 0) is 16.0 Å². The van der Waals surface area contributed by atoms with Crippen molar-refractivity contribution in [1.82, 2.24) is 10.9 Å². The molecule has 2 N–H and O–H groups in total. The third-order valence-corrected chi connectivity index (χ3v) is 4.78. The minimum Gasteiger partial charge on any atom is -0.481 e. The van der Waals surface area contributed by atoms with Crippen LogP contribution in [-0.4, -0.2) is 17.9 Å². The molecule has 0 aromatic heterocycles. The van der Waals surface area contributed by atoms with E-state index < -0.39 is 12.0 Å². The van der Waals surface area contributed by atoms with Gasteiger partial charge in [0.1, 0.15) is 5.75 Å². The number of carbonyl (C=O) groups is 2. The molecule has 3 rings (SSSR count). The Morgan fingerprint density at radius 3 is 2.28 bits per heavy atom. The van der Waals surface area contributed by atoms with E-state index in [1.807, 2.05) is 66.7 Å². The zero-order chi connectivity index (χ0) is 20.8. The molecule has 2 amide bonds. The Morgan fingerprint density at radius 1 is 0.862 bits per heavy atom. The van der Waals surface area contributed by atoms with Crippen LogP contribution in [0.5, 0.6) is 5.75 Å². The van der Waals surface area contributed by atoms with Crippen molar-refractivity contribution in [2.45, 2.75) is 39.2 Å². The zero-order valence-corrected chi connectivity index (χ0v) is 16.9. The average molecular weight is 390 g/mol. The van der Waals surface area contributed by atoms with E-state index in [1.165, 1.54) is 5.56 Å². The van der Waals surface area contributed by atoms with Crippen LogP contribution >= 0.6 is 0 Å². The van der Waals surface area contributed by atoms with Gasteiger partial charge in [-0.3, -0.25) is 20.4 Å². The van der Waals surface area contributed by atoms with Crippen molar-refractivity contribution in [3.8, 4) is 5.75 Å². The Labute approximate surface area is 171 Å². The number of nitrogens with one attached hydrogen (secondary N) is 2. The second kappa shape index (κ2) is 9.24. The van der Waals surface area contributed by atoms with Crippen LogP contribution in [0.15, 0.2) is 66.7 Å². The summed E-state index contributed by atoms with van der Waals surface area (Å²) < 4.78 is 5.66. The minimum atomic E-state index is -0.738. The van der Waals surface area contributed by atoms with Gasteiger partial charge >= 0.3 is 0 Å². The molecule has 1 unspecified atom stereocenters. The van der Waals surface area contributed by atoms with Crippen molar-refractivity contribution in [3.05, 3.63) is 77.9 Å². The smallest absolute Gasteiger partial charge is 0.279 e. The second-order valence-electron chi connectivity index (χ2n) is 7.34. The molecule has 1 atom stereocenters. The summed E-state index contributed by atoms with van der Waals surface area (Å²) in [7, 11) is 0. The van der Waals surface area contributed by atoms with E-state index in [-0.39, 0.29) is 12.3 Å². The number of hydrogen-bond donors (Lipinski definition) is 2. The van der Waals surface area contributed by atoms with E-state index >= 15 is 0 Å². The zero-order valence-electron chi connectivity index (χ0n) is 16.9. The van der Waals surface area contributed by atoms with Crippen molar-refractivity contribution in [2.24, 2.45) is 0 Å². The number of hydrogen-bond acceptors (Lipinski definition) is 3. The van der Waals surface area contributed by atoms with E-state index in [4.69, 9.17) is 4.74 Å². The van der Waals surface area contributed by atoms with Crippen LogP contribution < -0.4 is 15.6 Å². The summed E-state index contributed by atoms with van der Waals surface area (Å²) in [6.45, 7) is 5.88. The van der Waals surface area contributed by atoms with Gasteiger partial charge in [0.25, 0.3) is 5.91 Å². The molecule has 0 aliphatic heterocycles. The number of rotatable bonds is 6. The fraction of sp³-hybridized carbons (Fsp3) is 0.250. The highest BCUT2D eigenvalue weighted by atomic mass is 16.5. The predicted molar refractivity (Wildman–Crippen MR) is 115 cm³/mol. The Bertz CT molecular complexity index is 991. The highest BCUT2D eigenvalue weighted by Crippen LogP contribution is 2.20. The summed E-state index contributed by atoms with van der Waals surface area (Å²) in [5, 5.41) is 2.10. The maximum Gasteiger partial charge on any atom is 0.279 e. The third kappa shape index (κ3) is 5.35. The van der Waals surface area contributed by atoms with Gasteiger partial charge < -0.3 is 4.74 Å². The minimum absolute atomic E-state index is 0.174. The summed E-state index contributed by atoms with van der Waals surface area (Å²) in [4.78, 5) is 24.5. The largest absolute Gasteiger partial charge is 0.481 e. The average Bonchev–Trinajstić information content (AvgIpc) is 2.72. The molecule has 0 radical (unpaired) electrons. The maximum atomic E-state index is 12.3. The molecule has 5 nitrogen and oxygen atoms in total. The summed E-state index contributed by atoms with van der Waals surface area (Å²) >= 11 is 0. The molecule has 150 valence electrons. The topological polar surface area (TPSA) is 67.4 Å². The highest BCUT2D eigenvalue weighted by molar-refractivity contribution is 5.91. The molecule has 3 aromatic rings. The van der Waals surface area contributed by atoms with Crippen molar-refractivity contribution in [2.75, 3.05) is 0 Å². The van der Waals surface area contributed by atoms with Gasteiger partial charge in [-0.15, -0.1) is 0 Å². The monoisotopic (exact) mass is 390 g/mol. The van der Waals surface area contributed by atoms with Gasteiger partial charge in [-0.1, -0.05) is 68.4 Å². The molecule has 0 aliphatic carbocycles.